The zero-order valence-corrected chi connectivity index (χ0v) is 12.1. The highest BCUT2D eigenvalue weighted by molar-refractivity contribution is 5.82. The Morgan fingerprint density at radius 3 is 2.75 bits per heavy atom. The first-order chi connectivity index (χ1) is 9.72. The summed E-state index contributed by atoms with van der Waals surface area (Å²) < 4.78 is 5.89. The van der Waals surface area contributed by atoms with Crippen molar-refractivity contribution < 1.29 is 9.52 Å². The molecule has 0 radical (unpaired) electrons. The summed E-state index contributed by atoms with van der Waals surface area (Å²) in [5.74, 6) is 1.05. The van der Waals surface area contributed by atoms with Crippen LogP contribution >= 0.6 is 0 Å². The van der Waals surface area contributed by atoms with Crippen LogP contribution in [0.25, 0.3) is 11.0 Å². The topological polar surface area (TPSA) is 45.4 Å². The molecule has 0 amide bonds. The van der Waals surface area contributed by atoms with Crippen LogP contribution in [-0.2, 0) is 13.0 Å². The first-order valence-corrected chi connectivity index (χ1v) is 7.64. The summed E-state index contributed by atoms with van der Waals surface area (Å²) in [4.78, 5) is 0. The zero-order chi connectivity index (χ0) is 14.0. The predicted octanol–water partition coefficient (Wildman–Crippen LogP) is 3.39. The largest absolute Gasteiger partial charge is 0.461 e. The summed E-state index contributed by atoms with van der Waals surface area (Å²) >= 11 is 0. The number of hydrogen-bond donors (Lipinski definition) is 2. The van der Waals surface area contributed by atoms with Crippen LogP contribution in [0, 0.1) is 0 Å². The molecule has 3 nitrogen and oxygen atoms in total. The van der Waals surface area contributed by atoms with E-state index in [1.807, 2.05) is 18.2 Å². The molecule has 1 aromatic heterocycles. The molecular formula is C17H23NO2. The van der Waals surface area contributed by atoms with Crippen LogP contribution in [0.1, 0.15) is 43.9 Å². The number of furan rings is 1. The monoisotopic (exact) mass is 273 g/mol. The van der Waals surface area contributed by atoms with Crippen molar-refractivity contribution in [2.45, 2.75) is 51.2 Å². The Morgan fingerprint density at radius 1 is 1.25 bits per heavy atom. The molecule has 1 heterocycles. The molecule has 108 valence electrons. The van der Waals surface area contributed by atoms with Crippen molar-refractivity contribution in [3.8, 4) is 0 Å². The van der Waals surface area contributed by atoms with E-state index in [1.54, 1.807) is 0 Å². The third kappa shape index (κ3) is 2.60. The lowest BCUT2D eigenvalue weighted by Gasteiger charge is -2.22. The van der Waals surface area contributed by atoms with Crippen LogP contribution in [-0.4, -0.2) is 17.3 Å². The van der Waals surface area contributed by atoms with Crippen LogP contribution in [0.2, 0.25) is 0 Å². The number of aryl methyl sites for hydroxylation is 1. The van der Waals surface area contributed by atoms with E-state index in [-0.39, 0.29) is 0 Å². The average Bonchev–Trinajstić information content (AvgIpc) is 3.04. The second kappa shape index (κ2) is 5.58. The van der Waals surface area contributed by atoms with Crippen molar-refractivity contribution >= 4 is 11.0 Å². The fraction of sp³-hybridized carbons (Fsp3) is 0.529. The Bertz CT molecular complexity index is 582. The van der Waals surface area contributed by atoms with Gasteiger partial charge in [-0.25, -0.2) is 0 Å². The van der Waals surface area contributed by atoms with Crippen LogP contribution < -0.4 is 5.32 Å². The van der Waals surface area contributed by atoms with Gasteiger partial charge in [-0.1, -0.05) is 38.0 Å². The lowest BCUT2D eigenvalue weighted by atomic mass is 10.0. The minimum atomic E-state index is -0.494. The standard InChI is InChI=1S/C17H23NO2/c1-2-15-14(13-7-3-4-8-16(13)20-15)11-18-12-17(19)9-5-6-10-17/h3-4,7-8,18-19H,2,5-6,9-12H2,1H3. The summed E-state index contributed by atoms with van der Waals surface area (Å²) in [7, 11) is 0. The molecular weight excluding hydrogens is 250 g/mol. The van der Waals surface area contributed by atoms with E-state index in [2.05, 4.69) is 18.3 Å². The Morgan fingerprint density at radius 2 is 2.00 bits per heavy atom. The SMILES string of the molecule is CCc1oc2ccccc2c1CNCC1(O)CCCC1. The van der Waals surface area contributed by atoms with Gasteiger partial charge in [-0.05, 0) is 18.9 Å². The van der Waals surface area contributed by atoms with Crippen LogP contribution in [0.3, 0.4) is 0 Å². The first kappa shape index (κ1) is 13.7. The zero-order valence-electron chi connectivity index (χ0n) is 12.1. The minimum absolute atomic E-state index is 0.494. The summed E-state index contributed by atoms with van der Waals surface area (Å²) in [6, 6.07) is 8.18. The molecule has 0 spiro atoms. The second-order valence-corrected chi connectivity index (χ2v) is 5.89. The number of hydrogen-bond acceptors (Lipinski definition) is 3. The van der Waals surface area contributed by atoms with Crippen molar-refractivity contribution in [3.63, 3.8) is 0 Å². The van der Waals surface area contributed by atoms with Gasteiger partial charge in [0.1, 0.15) is 11.3 Å². The summed E-state index contributed by atoms with van der Waals surface area (Å²) in [5.41, 5.74) is 1.71. The van der Waals surface area contributed by atoms with E-state index in [0.717, 1.165) is 50.0 Å². The van der Waals surface area contributed by atoms with Gasteiger partial charge in [-0.15, -0.1) is 0 Å². The molecule has 1 fully saturated rings. The average molecular weight is 273 g/mol. The second-order valence-electron chi connectivity index (χ2n) is 5.89. The highest BCUT2D eigenvalue weighted by Crippen LogP contribution is 2.29. The highest BCUT2D eigenvalue weighted by Gasteiger charge is 2.30. The van der Waals surface area contributed by atoms with Gasteiger partial charge in [-0.2, -0.15) is 0 Å². The molecule has 2 N–H and O–H groups in total. The molecule has 1 aliphatic rings. The maximum Gasteiger partial charge on any atom is 0.134 e. The Kier molecular flexibility index (Phi) is 3.81. The van der Waals surface area contributed by atoms with Gasteiger partial charge in [0.2, 0.25) is 0 Å². The number of rotatable bonds is 5. The van der Waals surface area contributed by atoms with Gasteiger partial charge in [0.05, 0.1) is 5.60 Å². The summed E-state index contributed by atoms with van der Waals surface area (Å²) in [6.07, 6.45) is 5.04. The van der Waals surface area contributed by atoms with E-state index in [0.29, 0.717) is 6.54 Å². The molecule has 1 aromatic carbocycles. The fourth-order valence-electron chi connectivity index (χ4n) is 3.26. The number of nitrogens with one attached hydrogen (secondary N) is 1. The summed E-state index contributed by atoms with van der Waals surface area (Å²) in [6.45, 7) is 3.56. The van der Waals surface area contributed by atoms with Gasteiger partial charge in [0, 0.05) is 30.5 Å². The van der Waals surface area contributed by atoms with Gasteiger partial charge >= 0.3 is 0 Å². The third-order valence-electron chi connectivity index (χ3n) is 4.39. The molecule has 20 heavy (non-hydrogen) atoms. The third-order valence-corrected chi connectivity index (χ3v) is 4.39. The summed E-state index contributed by atoms with van der Waals surface area (Å²) in [5, 5.41) is 15.0. The van der Waals surface area contributed by atoms with E-state index in [4.69, 9.17) is 4.42 Å². The number of fused-ring (bicyclic) bond motifs is 1. The molecule has 1 aliphatic carbocycles. The smallest absolute Gasteiger partial charge is 0.134 e. The lowest BCUT2D eigenvalue weighted by Crippen LogP contribution is -2.37. The molecule has 2 aromatic rings. The van der Waals surface area contributed by atoms with Gasteiger partial charge in [0.15, 0.2) is 0 Å². The normalized spacial score (nSPS) is 17.9. The van der Waals surface area contributed by atoms with Crippen molar-refractivity contribution in [1.82, 2.24) is 5.32 Å². The quantitative estimate of drug-likeness (QED) is 0.877. The molecule has 3 rings (SSSR count). The number of aliphatic hydroxyl groups is 1. The predicted molar refractivity (Wildman–Crippen MR) is 80.7 cm³/mol. The van der Waals surface area contributed by atoms with Crippen LogP contribution in [0.15, 0.2) is 28.7 Å². The number of benzene rings is 1. The lowest BCUT2D eigenvalue weighted by molar-refractivity contribution is 0.0474. The van der Waals surface area contributed by atoms with E-state index in [9.17, 15) is 5.11 Å². The van der Waals surface area contributed by atoms with Crippen molar-refractivity contribution in [1.29, 1.82) is 0 Å². The first-order valence-electron chi connectivity index (χ1n) is 7.64. The minimum Gasteiger partial charge on any atom is -0.461 e. The van der Waals surface area contributed by atoms with E-state index >= 15 is 0 Å². The van der Waals surface area contributed by atoms with Gasteiger partial charge in [0.25, 0.3) is 0 Å². The molecule has 0 bridgehead atoms. The van der Waals surface area contributed by atoms with E-state index in [1.165, 1.54) is 10.9 Å². The Hall–Kier alpha value is -1.32. The molecule has 0 unspecified atom stereocenters. The molecule has 0 atom stereocenters. The van der Waals surface area contributed by atoms with Crippen molar-refractivity contribution in [2.75, 3.05) is 6.54 Å². The molecule has 3 heteroatoms. The molecule has 0 saturated heterocycles. The maximum absolute atomic E-state index is 10.4. The molecule has 1 saturated carbocycles. The molecule has 0 aliphatic heterocycles. The van der Waals surface area contributed by atoms with Crippen molar-refractivity contribution in [3.05, 3.63) is 35.6 Å². The fourth-order valence-corrected chi connectivity index (χ4v) is 3.26. The van der Waals surface area contributed by atoms with Crippen LogP contribution in [0.5, 0.6) is 0 Å². The number of para-hydroxylation sites is 1. The maximum atomic E-state index is 10.4. The van der Waals surface area contributed by atoms with Gasteiger partial charge in [-0.3, -0.25) is 0 Å². The highest BCUT2D eigenvalue weighted by atomic mass is 16.3. The van der Waals surface area contributed by atoms with Crippen LogP contribution in [0.4, 0.5) is 0 Å². The Labute approximate surface area is 120 Å². The van der Waals surface area contributed by atoms with E-state index < -0.39 is 5.60 Å². The Balaban J connectivity index is 1.73. The van der Waals surface area contributed by atoms with Gasteiger partial charge < -0.3 is 14.8 Å². The van der Waals surface area contributed by atoms with Crippen molar-refractivity contribution in [2.24, 2.45) is 0 Å².